The first kappa shape index (κ1) is 11.0. The quantitative estimate of drug-likeness (QED) is 0.795. The predicted molar refractivity (Wildman–Crippen MR) is 68.8 cm³/mol. The molecule has 0 fully saturated rings. The number of hydrogen-bond acceptors (Lipinski definition) is 2. The molecule has 1 aromatic heterocycles. The fraction of sp³-hybridized carbons (Fsp3) is 0.286. The van der Waals surface area contributed by atoms with Gasteiger partial charge in [-0.3, -0.25) is 0 Å². The monoisotopic (exact) mass is 242 g/mol. The van der Waals surface area contributed by atoms with Gasteiger partial charge in [-0.05, 0) is 37.5 Å². The summed E-state index contributed by atoms with van der Waals surface area (Å²) in [5.74, 6) is 0.487. The number of carboxylic acids is 1. The van der Waals surface area contributed by atoms with Crippen LogP contribution in [0.5, 0.6) is 0 Å². The van der Waals surface area contributed by atoms with Crippen molar-refractivity contribution in [3.63, 3.8) is 0 Å². The molecule has 2 aromatic rings. The van der Waals surface area contributed by atoms with Gasteiger partial charge >= 0.3 is 5.97 Å². The SMILES string of the molecule is O=C(O)c1ccc2nc(C3CC=CCC3)[nH]c2c1. The Labute approximate surface area is 104 Å². The van der Waals surface area contributed by atoms with Crippen LogP contribution in [0, 0.1) is 0 Å². The number of aromatic nitrogens is 2. The Bertz CT molecular complexity index is 628. The van der Waals surface area contributed by atoms with Crippen molar-refractivity contribution in [2.75, 3.05) is 0 Å². The highest BCUT2D eigenvalue weighted by Crippen LogP contribution is 2.28. The first-order chi connectivity index (χ1) is 8.74. The number of imidazole rings is 1. The van der Waals surface area contributed by atoms with Crippen LogP contribution in [0.2, 0.25) is 0 Å². The van der Waals surface area contributed by atoms with Crippen LogP contribution in [0.15, 0.2) is 30.4 Å². The molecule has 2 N–H and O–H groups in total. The maximum absolute atomic E-state index is 10.9. The third-order valence-electron chi connectivity index (χ3n) is 3.40. The number of H-pyrrole nitrogens is 1. The second kappa shape index (κ2) is 4.29. The fourth-order valence-corrected chi connectivity index (χ4v) is 2.40. The lowest BCUT2D eigenvalue weighted by atomic mass is 9.94. The molecule has 0 saturated carbocycles. The molecule has 0 aliphatic heterocycles. The van der Waals surface area contributed by atoms with Crippen molar-refractivity contribution in [2.45, 2.75) is 25.2 Å². The summed E-state index contributed by atoms with van der Waals surface area (Å²) in [5.41, 5.74) is 1.94. The molecular formula is C14H14N2O2. The van der Waals surface area contributed by atoms with Gasteiger partial charge in [-0.25, -0.2) is 9.78 Å². The fourth-order valence-electron chi connectivity index (χ4n) is 2.40. The van der Waals surface area contributed by atoms with E-state index >= 15 is 0 Å². The number of aromatic amines is 1. The summed E-state index contributed by atoms with van der Waals surface area (Å²) in [6, 6.07) is 5.00. The first-order valence-corrected chi connectivity index (χ1v) is 6.12. The van der Waals surface area contributed by atoms with E-state index in [1.807, 2.05) is 0 Å². The van der Waals surface area contributed by atoms with Gasteiger partial charge < -0.3 is 10.1 Å². The molecular weight excluding hydrogens is 228 g/mol. The number of carboxylic acid groups (broad SMARTS) is 1. The van der Waals surface area contributed by atoms with Crippen molar-refractivity contribution in [3.05, 3.63) is 41.7 Å². The molecule has 0 saturated heterocycles. The summed E-state index contributed by atoms with van der Waals surface area (Å²) >= 11 is 0. The van der Waals surface area contributed by atoms with Crippen LogP contribution in [0.25, 0.3) is 11.0 Å². The lowest BCUT2D eigenvalue weighted by molar-refractivity contribution is 0.0697. The van der Waals surface area contributed by atoms with Crippen LogP contribution < -0.4 is 0 Å². The summed E-state index contributed by atoms with van der Waals surface area (Å²) in [6.45, 7) is 0. The van der Waals surface area contributed by atoms with E-state index in [4.69, 9.17) is 5.11 Å². The lowest BCUT2D eigenvalue weighted by Crippen LogP contribution is -2.02. The van der Waals surface area contributed by atoms with Crippen molar-refractivity contribution in [1.82, 2.24) is 9.97 Å². The summed E-state index contributed by atoms with van der Waals surface area (Å²) in [4.78, 5) is 18.7. The van der Waals surface area contributed by atoms with Gasteiger partial charge in [0.25, 0.3) is 0 Å². The van der Waals surface area contributed by atoms with E-state index in [1.54, 1.807) is 18.2 Å². The average Bonchev–Trinajstić information content (AvgIpc) is 2.82. The van der Waals surface area contributed by atoms with Crippen LogP contribution in [-0.2, 0) is 0 Å². The highest BCUT2D eigenvalue weighted by molar-refractivity contribution is 5.92. The third kappa shape index (κ3) is 1.90. The Hall–Kier alpha value is -2.10. The number of carbonyl (C=O) groups is 1. The maximum atomic E-state index is 10.9. The largest absolute Gasteiger partial charge is 0.478 e. The van der Waals surface area contributed by atoms with Crippen LogP contribution in [0.1, 0.15) is 41.4 Å². The molecule has 18 heavy (non-hydrogen) atoms. The molecule has 1 aromatic carbocycles. The lowest BCUT2D eigenvalue weighted by Gasteiger charge is -2.14. The van der Waals surface area contributed by atoms with Crippen LogP contribution in [0.4, 0.5) is 0 Å². The van der Waals surface area contributed by atoms with Gasteiger partial charge in [-0.15, -0.1) is 0 Å². The van der Waals surface area contributed by atoms with E-state index in [9.17, 15) is 4.79 Å². The molecule has 1 heterocycles. The molecule has 1 unspecified atom stereocenters. The highest BCUT2D eigenvalue weighted by atomic mass is 16.4. The Balaban J connectivity index is 2.00. The van der Waals surface area contributed by atoms with Gasteiger partial charge in [0.2, 0.25) is 0 Å². The van der Waals surface area contributed by atoms with E-state index in [2.05, 4.69) is 22.1 Å². The smallest absolute Gasteiger partial charge is 0.335 e. The zero-order valence-electron chi connectivity index (χ0n) is 9.89. The van der Waals surface area contributed by atoms with Crippen molar-refractivity contribution < 1.29 is 9.90 Å². The van der Waals surface area contributed by atoms with E-state index in [1.165, 1.54) is 0 Å². The Morgan fingerprint density at radius 1 is 1.39 bits per heavy atom. The number of rotatable bonds is 2. The molecule has 1 aliphatic rings. The number of nitrogens with zero attached hydrogens (tertiary/aromatic N) is 1. The van der Waals surface area contributed by atoms with Crippen LogP contribution >= 0.6 is 0 Å². The minimum atomic E-state index is -0.909. The van der Waals surface area contributed by atoms with Crippen molar-refractivity contribution in [3.8, 4) is 0 Å². The molecule has 0 amide bonds. The van der Waals surface area contributed by atoms with Gasteiger partial charge in [-0.2, -0.15) is 0 Å². The van der Waals surface area contributed by atoms with E-state index in [0.717, 1.165) is 36.1 Å². The van der Waals surface area contributed by atoms with Crippen molar-refractivity contribution >= 4 is 17.0 Å². The van der Waals surface area contributed by atoms with E-state index < -0.39 is 5.97 Å². The Kier molecular flexibility index (Phi) is 2.63. The minimum absolute atomic E-state index is 0.293. The summed E-state index contributed by atoms with van der Waals surface area (Å²) in [7, 11) is 0. The summed E-state index contributed by atoms with van der Waals surface area (Å²) in [5, 5.41) is 8.96. The van der Waals surface area contributed by atoms with Gasteiger partial charge in [0.1, 0.15) is 5.82 Å². The molecule has 4 nitrogen and oxygen atoms in total. The van der Waals surface area contributed by atoms with E-state index in [0.29, 0.717) is 11.5 Å². The minimum Gasteiger partial charge on any atom is -0.478 e. The van der Waals surface area contributed by atoms with Gasteiger partial charge in [0.15, 0.2) is 0 Å². The molecule has 3 rings (SSSR count). The summed E-state index contributed by atoms with van der Waals surface area (Å²) in [6.07, 6.45) is 7.57. The average molecular weight is 242 g/mol. The number of nitrogens with one attached hydrogen (secondary N) is 1. The molecule has 4 heteroatoms. The number of fused-ring (bicyclic) bond motifs is 1. The Morgan fingerprint density at radius 3 is 3.00 bits per heavy atom. The van der Waals surface area contributed by atoms with Crippen molar-refractivity contribution in [1.29, 1.82) is 0 Å². The number of aromatic carboxylic acids is 1. The first-order valence-electron chi connectivity index (χ1n) is 6.12. The third-order valence-corrected chi connectivity index (χ3v) is 3.40. The standard InChI is InChI=1S/C14H14N2O2/c17-14(18)10-6-7-11-12(8-10)16-13(15-11)9-4-2-1-3-5-9/h1-2,6-9H,3-5H2,(H,15,16)(H,17,18). The molecule has 0 bridgehead atoms. The normalized spacial score (nSPS) is 19.2. The molecule has 1 aliphatic carbocycles. The Morgan fingerprint density at radius 2 is 2.28 bits per heavy atom. The number of benzene rings is 1. The molecule has 0 spiro atoms. The predicted octanol–water partition coefficient (Wildman–Crippen LogP) is 3.08. The second-order valence-electron chi connectivity index (χ2n) is 4.64. The van der Waals surface area contributed by atoms with Crippen LogP contribution in [-0.4, -0.2) is 21.0 Å². The van der Waals surface area contributed by atoms with Crippen LogP contribution in [0.3, 0.4) is 0 Å². The zero-order valence-corrected chi connectivity index (χ0v) is 9.89. The van der Waals surface area contributed by atoms with Gasteiger partial charge in [-0.1, -0.05) is 12.2 Å². The topological polar surface area (TPSA) is 66.0 Å². The zero-order chi connectivity index (χ0) is 12.5. The number of allylic oxidation sites excluding steroid dienone is 2. The number of hydrogen-bond donors (Lipinski definition) is 2. The second-order valence-corrected chi connectivity index (χ2v) is 4.64. The van der Waals surface area contributed by atoms with Crippen molar-refractivity contribution in [2.24, 2.45) is 0 Å². The summed E-state index contributed by atoms with van der Waals surface area (Å²) < 4.78 is 0. The van der Waals surface area contributed by atoms with Gasteiger partial charge in [0.05, 0.1) is 16.6 Å². The van der Waals surface area contributed by atoms with Gasteiger partial charge in [0, 0.05) is 5.92 Å². The molecule has 0 radical (unpaired) electrons. The molecule has 92 valence electrons. The highest BCUT2D eigenvalue weighted by Gasteiger charge is 2.16. The maximum Gasteiger partial charge on any atom is 0.335 e. The van der Waals surface area contributed by atoms with E-state index in [-0.39, 0.29) is 0 Å². The molecule has 1 atom stereocenters.